The zero-order valence-corrected chi connectivity index (χ0v) is 34.3. The normalized spacial score (nSPS) is 14.5. The zero-order valence-electron chi connectivity index (χ0n) is 32.6. The van der Waals surface area contributed by atoms with Gasteiger partial charge in [-0.1, -0.05) is 53.7 Å². The Morgan fingerprint density at radius 1 is 0.750 bits per heavy atom. The highest BCUT2D eigenvalue weighted by atomic mass is 32.1. The van der Waals surface area contributed by atoms with E-state index in [9.17, 15) is 14.4 Å². The number of carboxylic acid groups (broad SMARTS) is 1. The molecule has 0 saturated carbocycles. The molecule has 1 fully saturated rings. The highest BCUT2D eigenvalue weighted by Gasteiger charge is 2.38. The molecule has 1 unspecified atom stereocenters. The number of methoxy groups -OCH3 is 2. The van der Waals surface area contributed by atoms with Gasteiger partial charge in [-0.2, -0.15) is 0 Å². The van der Waals surface area contributed by atoms with Gasteiger partial charge in [0.1, 0.15) is 32.1 Å². The van der Waals surface area contributed by atoms with Crippen molar-refractivity contribution in [3.63, 3.8) is 0 Å². The number of nitrogens with one attached hydrogen (secondary N) is 1. The van der Waals surface area contributed by atoms with Crippen LogP contribution in [0.1, 0.15) is 77.6 Å². The molecule has 8 rings (SSSR count). The zero-order chi connectivity index (χ0) is 40.1. The van der Waals surface area contributed by atoms with E-state index in [1.54, 1.807) is 31.3 Å². The second-order valence-electron chi connectivity index (χ2n) is 16.0. The summed E-state index contributed by atoms with van der Waals surface area (Å²) in [6.45, 7) is 13.9. The topological polar surface area (TPSA) is 131 Å². The molecule has 0 aliphatic carbocycles. The number of amides is 2. The molecule has 3 aromatic carbocycles. The Hall–Kier alpha value is -5.59. The number of pyridine rings is 2. The van der Waals surface area contributed by atoms with Gasteiger partial charge in [0, 0.05) is 39.7 Å². The van der Waals surface area contributed by atoms with Crippen LogP contribution in [-0.2, 0) is 22.2 Å². The van der Waals surface area contributed by atoms with E-state index < -0.39 is 12.0 Å². The van der Waals surface area contributed by atoms with Crippen LogP contribution in [0.3, 0.4) is 0 Å². The van der Waals surface area contributed by atoms with E-state index in [-0.39, 0.29) is 22.6 Å². The van der Waals surface area contributed by atoms with E-state index >= 15 is 0 Å². The molecule has 0 radical (unpaired) electrons. The molecule has 2 amide bonds. The minimum atomic E-state index is -0.896. The Labute approximate surface area is 333 Å². The predicted molar refractivity (Wildman–Crippen MR) is 225 cm³/mol. The molecule has 0 bridgehead atoms. The summed E-state index contributed by atoms with van der Waals surface area (Å²) in [4.78, 5) is 50.2. The van der Waals surface area contributed by atoms with Gasteiger partial charge in [-0.3, -0.25) is 9.59 Å². The van der Waals surface area contributed by atoms with Gasteiger partial charge in [0.25, 0.3) is 5.91 Å². The summed E-state index contributed by atoms with van der Waals surface area (Å²) in [5, 5.41) is 15.9. The lowest BCUT2D eigenvalue weighted by molar-refractivity contribution is -0.144. The lowest BCUT2D eigenvalue weighted by Crippen LogP contribution is -2.63. The van der Waals surface area contributed by atoms with E-state index in [0.29, 0.717) is 34.3 Å². The molecule has 10 nitrogen and oxygen atoms in total. The van der Waals surface area contributed by atoms with E-state index in [1.165, 1.54) is 33.8 Å². The van der Waals surface area contributed by atoms with Gasteiger partial charge < -0.3 is 24.8 Å². The van der Waals surface area contributed by atoms with Crippen LogP contribution in [0.5, 0.6) is 11.5 Å². The quantitative estimate of drug-likeness (QED) is 0.153. The van der Waals surface area contributed by atoms with Crippen molar-refractivity contribution in [1.82, 2.24) is 20.2 Å². The molecular weight excluding hydrogens is 745 g/mol. The number of aromatic nitrogens is 2. The van der Waals surface area contributed by atoms with E-state index in [2.05, 4.69) is 82.2 Å². The Kier molecular flexibility index (Phi) is 10.2. The van der Waals surface area contributed by atoms with Gasteiger partial charge in [0.05, 0.1) is 36.7 Å². The van der Waals surface area contributed by atoms with Crippen LogP contribution >= 0.6 is 22.7 Å². The van der Waals surface area contributed by atoms with Gasteiger partial charge >= 0.3 is 5.97 Å². The maximum Gasteiger partial charge on any atom is 0.345 e. The van der Waals surface area contributed by atoms with Crippen molar-refractivity contribution < 1.29 is 29.0 Å². The van der Waals surface area contributed by atoms with Crippen LogP contribution in [0.15, 0.2) is 78.9 Å². The van der Waals surface area contributed by atoms with E-state index in [4.69, 9.17) is 19.6 Å². The number of carbonyl (C=O) groups excluding carboxylic acids is 2. The summed E-state index contributed by atoms with van der Waals surface area (Å²) in [5.74, 6) is 0.0938. The standard InChI is InChI=1S/C28H29N3O4S.C16H15NO2S/c1-28(2,3)19-7-9-21-17(11-19)10-18-12-24(36-26(18)30-21)25(32)29-22-15-31(27(22)33)14-16-6-8-20(34-4)13-23(16)35-5;1-16(2,3)11-4-5-12-9(7-11)6-10-8-13(15(18)19)20-14(10)17-12/h6-13,22H,14-15H2,1-5H3,(H,29,32);4-8H,1-3H3,(H,18,19). The number of nitrogens with zero attached hydrogens (tertiary/aromatic N) is 3. The van der Waals surface area contributed by atoms with Crippen LogP contribution < -0.4 is 14.8 Å². The van der Waals surface area contributed by atoms with Gasteiger partial charge in [0.15, 0.2) is 0 Å². The first-order valence-corrected chi connectivity index (χ1v) is 19.9. The lowest BCUT2D eigenvalue weighted by Gasteiger charge is -2.38. The van der Waals surface area contributed by atoms with Crippen molar-refractivity contribution >= 4 is 82.7 Å². The molecule has 1 saturated heterocycles. The second kappa shape index (κ2) is 14.8. The molecule has 4 aromatic heterocycles. The summed E-state index contributed by atoms with van der Waals surface area (Å²) >= 11 is 2.56. The lowest BCUT2D eigenvalue weighted by atomic mass is 9.86. The Bertz CT molecular complexity index is 2670. The first kappa shape index (κ1) is 38.7. The van der Waals surface area contributed by atoms with Crippen molar-refractivity contribution in [2.75, 3.05) is 20.8 Å². The number of thiophene rings is 2. The number of rotatable bonds is 7. The van der Waals surface area contributed by atoms with Crippen molar-refractivity contribution in [3.05, 3.63) is 105 Å². The molecule has 7 aromatic rings. The van der Waals surface area contributed by atoms with Gasteiger partial charge in [-0.25, -0.2) is 14.8 Å². The van der Waals surface area contributed by atoms with Crippen LogP contribution in [0.4, 0.5) is 0 Å². The van der Waals surface area contributed by atoms with Crippen LogP contribution in [0.25, 0.3) is 42.2 Å². The maximum absolute atomic E-state index is 12.9. The third-order valence-corrected chi connectivity index (χ3v) is 12.0. The Morgan fingerprint density at radius 3 is 1.80 bits per heavy atom. The Balaban J connectivity index is 0.000000202. The van der Waals surface area contributed by atoms with Crippen LogP contribution in [0, 0.1) is 0 Å². The number of hydrogen-bond donors (Lipinski definition) is 2. The molecule has 288 valence electrons. The first-order valence-electron chi connectivity index (χ1n) is 18.2. The molecule has 0 spiro atoms. The number of benzene rings is 3. The molecule has 56 heavy (non-hydrogen) atoms. The first-order chi connectivity index (χ1) is 26.5. The average molecular weight is 789 g/mol. The second-order valence-corrected chi connectivity index (χ2v) is 18.1. The number of hydrogen-bond acceptors (Lipinski definition) is 9. The van der Waals surface area contributed by atoms with Crippen molar-refractivity contribution in [2.24, 2.45) is 0 Å². The molecule has 12 heteroatoms. The van der Waals surface area contributed by atoms with Crippen molar-refractivity contribution in [2.45, 2.75) is 65.0 Å². The van der Waals surface area contributed by atoms with Crippen LogP contribution in [-0.4, -0.2) is 64.6 Å². The van der Waals surface area contributed by atoms with Crippen molar-refractivity contribution in [1.29, 1.82) is 0 Å². The fourth-order valence-electron chi connectivity index (χ4n) is 6.58. The average Bonchev–Trinajstić information content (AvgIpc) is 3.78. The Morgan fingerprint density at radius 2 is 1.30 bits per heavy atom. The van der Waals surface area contributed by atoms with E-state index in [0.717, 1.165) is 47.8 Å². The largest absolute Gasteiger partial charge is 0.497 e. The number of fused-ring (bicyclic) bond motifs is 4. The molecule has 2 N–H and O–H groups in total. The molecule has 1 aliphatic rings. The summed E-state index contributed by atoms with van der Waals surface area (Å²) in [5.41, 5.74) is 5.32. The predicted octanol–water partition coefficient (Wildman–Crippen LogP) is 9.35. The highest BCUT2D eigenvalue weighted by molar-refractivity contribution is 7.20. The fourth-order valence-corrected chi connectivity index (χ4v) is 8.37. The third kappa shape index (κ3) is 7.89. The van der Waals surface area contributed by atoms with Gasteiger partial charge in [0.2, 0.25) is 5.91 Å². The monoisotopic (exact) mass is 788 g/mol. The van der Waals surface area contributed by atoms with E-state index in [1.807, 2.05) is 36.4 Å². The summed E-state index contributed by atoms with van der Waals surface area (Å²) in [7, 11) is 3.18. The smallest absolute Gasteiger partial charge is 0.345 e. The number of ether oxygens (including phenoxy) is 2. The molecular formula is C44H44N4O6S2. The number of carbonyl (C=O) groups is 3. The van der Waals surface area contributed by atoms with Gasteiger partial charge in [-0.15, -0.1) is 22.7 Å². The summed E-state index contributed by atoms with van der Waals surface area (Å²) < 4.78 is 10.7. The van der Waals surface area contributed by atoms with Crippen molar-refractivity contribution in [3.8, 4) is 11.5 Å². The third-order valence-electron chi connectivity index (χ3n) is 9.94. The summed E-state index contributed by atoms with van der Waals surface area (Å²) in [6, 6.07) is 25.2. The highest BCUT2D eigenvalue weighted by Crippen LogP contribution is 2.33. The maximum atomic E-state index is 12.9. The SMILES string of the molecule is CC(C)(C)c1ccc2nc3sc(C(=O)O)cc3cc2c1.COc1ccc(CN2CC(NC(=O)c3cc4cc5cc(C(C)(C)C)ccc5nc4s3)C2=O)c(OC)c1. The minimum Gasteiger partial charge on any atom is -0.497 e. The molecule has 1 aliphatic heterocycles. The number of likely N-dealkylation sites (tertiary alicyclic amines) is 1. The molecule has 1 atom stereocenters. The minimum absolute atomic E-state index is 0.0462. The number of aromatic carboxylic acids is 1. The van der Waals surface area contributed by atoms with Gasteiger partial charge in [-0.05, 0) is 82.6 Å². The number of β-lactam (4-membered cyclic amide) rings is 1. The molecule has 5 heterocycles. The summed E-state index contributed by atoms with van der Waals surface area (Å²) in [6.07, 6.45) is 0. The van der Waals surface area contributed by atoms with Crippen LogP contribution in [0.2, 0.25) is 0 Å². The number of carboxylic acids is 1. The fraction of sp³-hybridized carbons (Fsp3) is 0.295.